The van der Waals surface area contributed by atoms with Gasteiger partial charge in [-0.25, -0.2) is 4.79 Å². The first-order valence-electron chi connectivity index (χ1n) is 24.4. The van der Waals surface area contributed by atoms with Crippen LogP contribution in [-0.4, -0.2) is 191 Å². The highest BCUT2D eigenvalue weighted by Gasteiger charge is 2.70. The van der Waals surface area contributed by atoms with Gasteiger partial charge in [0.15, 0.2) is 25.0 Å². The second kappa shape index (κ2) is 18.2. The predicted octanol–water partition coefficient (Wildman–Crippen LogP) is -0.231. The van der Waals surface area contributed by atoms with Crippen LogP contribution in [0.2, 0.25) is 0 Å². The first kappa shape index (κ1) is 52.4. The van der Waals surface area contributed by atoms with Gasteiger partial charge in [0, 0.05) is 10.8 Å². The van der Waals surface area contributed by atoms with E-state index >= 15 is 0 Å². The van der Waals surface area contributed by atoms with E-state index in [0.717, 1.165) is 19.3 Å². The third-order valence-electron chi connectivity index (χ3n) is 19.8. The molecule has 388 valence electrons. The standard InChI is InChI=1S/C48H76O20/c1-20-28(52)30(54)34(58)39(63-20)67-36-31(55)29(53)23(18-49)64-40(36)68-37-33(57)32(56)35(38(59)60)66-41(37)65-27-11-12-45(4)24(46(27,5)19-50)10-13-48(7)25(45)9-8-21-22-16-43(2,42(61)62)17-26(51)44(22,3)14-15-47(21,48)6/h8,20,22-37,39-41,49-58H,9-19H2,1-7H3,(H,59,60)(H,61,62)/t20-,22-,23+,24?,25?,26+,27-,28-,29-,30+,31-,32-,33-,34+,35-,36+,37+,39-,40-,41+,43?,44+,45-,46+,47+,48+/m0/s1. The molecule has 0 aromatic carbocycles. The Kier molecular flexibility index (Phi) is 14.0. The van der Waals surface area contributed by atoms with Gasteiger partial charge in [-0.1, -0.05) is 46.3 Å². The largest absolute Gasteiger partial charge is 0.481 e. The van der Waals surface area contributed by atoms with Crippen LogP contribution in [0.15, 0.2) is 11.6 Å². The van der Waals surface area contributed by atoms with Crippen molar-refractivity contribution in [2.75, 3.05) is 13.2 Å². The Bertz CT molecular complexity index is 1920. The zero-order valence-electron chi connectivity index (χ0n) is 40.0. The molecule has 12 N–H and O–H groups in total. The van der Waals surface area contributed by atoms with E-state index in [2.05, 4.69) is 33.8 Å². The Balaban J connectivity index is 1.08. The lowest BCUT2D eigenvalue weighted by molar-refractivity contribution is -0.396. The summed E-state index contributed by atoms with van der Waals surface area (Å²) in [5.41, 5.74) is -2.20. The van der Waals surface area contributed by atoms with E-state index < -0.39 is 139 Å². The first-order chi connectivity index (χ1) is 31.7. The Morgan fingerprint density at radius 2 is 1.29 bits per heavy atom. The van der Waals surface area contributed by atoms with E-state index in [9.17, 15) is 70.9 Å². The Labute approximate surface area is 396 Å². The highest BCUT2D eigenvalue weighted by Crippen LogP contribution is 2.76. The average Bonchev–Trinajstić information content (AvgIpc) is 3.28. The van der Waals surface area contributed by atoms with Crippen LogP contribution in [0.5, 0.6) is 0 Å². The summed E-state index contributed by atoms with van der Waals surface area (Å²) in [6.45, 7) is 12.9. The lowest BCUT2D eigenvalue weighted by Crippen LogP contribution is -2.68. The van der Waals surface area contributed by atoms with E-state index in [0.29, 0.717) is 32.1 Å². The summed E-state index contributed by atoms with van der Waals surface area (Å²) >= 11 is 0. The number of ether oxygens (including phenoxy) is 6. The van der Waals surface area contributed by atoms with Crippen LogP contribution in [0, 0.1) is 50.2 Å². The number of fused-ring (bicyclic) bond motifs is 7. The van der Waals surface area contributed by atoms with Gasteiger partial charge < -0.3 is 89.7 Å². The van der Waals surface area contributed by atoms with Crippen LogP contribution in [0.4, 0.5) is 0 Å². The van der Waals surface area contributed by atoms with Gasteiger partial charge in [-0.2, -0.15) is 0 Å². The molecule has 20 nitrogen and oxygen atoms in total. The van der Waals surface area contributed by atoms with Crippen molar-refractivity contribution >= 4 is 11.9 Å². The quantitative estimate of drug-likeness (QED) is 0.0994. The molecule has 7 fully saturated rings. The van der Waals surface area contributed by atoms with Crippen molar-refractivity contribution in [1.29, 1.82) is 0 Å². The fraction of sp³-hybridized carbons (Fsp3) is 0.917. The van der Waals surface area contributed by atoms with Gasteiger partial charge in [0.2, 0.25) is 0 Å². The fourth-order valence-electron chi connectivity index (χ4n) is 15.1. The number of aliphatic hydroxyl groups is 10. The Hall–Kier alpha value is -1.96. The van der Waals surface area contributed by atoms with Gasteiger partial charge in [-0.15, -0.1) is 0 Å². The van der Waals surface area contributed by atoms with Crippen molar-refractivity contribution in [3.05, 3.63) is 11.6 Å². The molecule has 0 spiro atoms. The van der Waals surface area contributed by atoms with Crippen LogP contribution in [0.25, 0.3) is 0 Å². The third-order valence-corrected chi connectivity index (χ3v) is 19.8. The smallest absolute Gasteiger partial charge is 0.335 e. The number of allylic oxidation sites excluding steroid dienone is 2. The minimum atomic E-state index is -2.10. The maximum Gasteiger partial charge on any atom is 0.335 e. The summed E-state index contributed by atoms with van der Waals surface area (Å²) < 4.78 is 36.1. The molecule has 3 heterocycles. The van der Waals surface area contributed by atoms with E-state index in [1.807, 2.05) is 6.92 Å². The van der Waals surface area contributed by atoms with Gasteiger partial charge in [0.05, 0.1) is 36.9 Å². The van der Waals surface area contributed by atoms with Gasteiger partial charge in [-0.3, -0.25) is 4.79 Å². The van der Waals surface area contributed by atoms with E-state index in [4.69, 9.17) is 28.4 Å². The lowest BCUT2D eigenvalue weighted by atomic mass is 9.33. The molecule has 0 radical (unpaired) electrons. The average molecular weight is 973 g/mol. The maximum absolute atomic E-state index is 12.6. The van der Waals surface area contributed by atoms with E-state index in [1.165, 1.54) is 12.5 Å². The van der Waals surface area contributed by atoms with Crippen LogP contribution < -0.4 is 0 Å². The SMILES string of the molecule is C[C@@H]1O[C@@H](O[C@H]2[C@H](O[C@H]3[C@H](O[C@H]4CC[C@@]5(C)C(CC[C@]6(C)C5CC=C5[C@@H]7CC(C)(C(=O)O)C[C@@H](O)[C@]7(C)CC[C@]56C)[C@@]4(C)CO)O[C@H](C(=O)O)[C@@H](O)[C@@H]3O)O[C@H](CO)[C@H](O)[C@@H]2O)[C@H](O)[C@H](O)[C@H]1O. The second-order valence-corrected chi connectivity index (χ2v) is 23.3. The van der Waals surface area contributed by atoms with Crippen molar-refractivity contribution in [2.45, 2.75) is 211 Å². The molecule has 0 bridgehead atoms. The molecular weight excluding hydrogens is 897 g/mol. The zero-order chi connectivity index (χ0) is 50.0. The van der Waals surface area contributed by atoms with Crippen LogP contribution in [0.1, 0.15) is 106 Å². The lowest BCUT2D eigenvalue weighted by Gasteiger charge is -2.71. The van der Waals surface area contributed by atoms with Gasteiger partial charge in [-0.05, 0) is 106 Å². The highest BCUT2D eigenvalue weighted by atomic mass is 16.8. The number of hydrogen-bond donors (Lipinski definition) is 12. The van der Waals surface area contributed by atoms with Crippen molar-refractivity contribution in [1.82, 2.24) is 0 Å². The fourth-order valence-corrected chi connectivity index (χ4v) is 15.1. The van der Waals surface area contributed by atoms with E-state index in [1.54, 1.807) is 6.92 Å². The number of rotatable bonds is 10. The summed E-state index contributed by atoms with van der Waals surface area (Å²) in [5, 5.41) is 130. The molecule has 68 heavy (non-hydrogen) atoms. The monoisotopic (exact) mass is 972 g/mol. The molecule has 3 aliphatic heterocycles. The van der Waals surface area contributed by atoms with Crippen LogP contribution >= 0.6 is 0 Å². The van der Waals surface area contributed by atoms with Gasteiger partial charge >= 0.3 is 11.9 Å². The normalized spacial score (nSPS) is 56.0. The minimum Gasteiger partial charge on any atom is -0.481 e. The Morgan fingerprint density at radius 3 is 1.91 bits per heavy atom. The van der Waals surface area contributed by atoms with Crippen molar-refractivity contribution < 1.29 is 99.3 Å². The molecule has 0 aromatic heterocycles. The van der Waals surface area contributed by atoms with Crippen molar-refractivity contribution in [3.8, 4) is 0 Å². The third kappa shape index (κ3) is 7.85. The van der Waals surface area contributed by atoms with Crippen LogP contribution in [0.3, 0.4) is 0 Å². The summed E-state index contributed by atoms with van der Waals surface area (Å²) in [6, 6.07) is 0. The minimum absolute atomic E-state index is 0.114. The molecule has 20 heteroatoms. The predicted molar refractivity (Wildman–Crippen MR) is 233 cm³/mol. The van der Waals surface area contributed by atoms with Gasteiger partial charge in [0.1, 0.15) is 61.0 Å². The summed E-state index contributed by atoms with van der Waals surface area (Å²) in [5.74, 6) is -2.68. The molecule has 5 aliphatic carbocycles. The Morgan fingerprint density at radius 1 is 0.662 bits per heavy atom. The number of hydrogen-bond acceptors (Lipinski definition) is 18. The summed E-state index contributed by atoms with van der Waals surface area (Å²) in [7, 11) is 0. The summed E-state index contributed by atoms with van der Waals surface area (Å²) in [6.07, 6.45) is -20.6. The molecule has 0 aromatic rings. The molecular formula is C48H76O20. The second-order valence-electron chi connectivity index (χ2n) is 23.3. The zero-order valence-corrected chi connectivity index (χ0v) is 40.0. The molecule has 0 amide bonds. The van der Waals surface area contributed by atoms with Gasteiger partial charge in [0.25, 0.3) is 0 Å². The maximum atomic E-state index is 12.6. The molecule has 8 aliphatic rings. The molecule has 4 saturated carbocycles. The highest BCUT2D eigenvalue weighted by molar-refractivity contribution is 5.74. The molecule has 8 rings (SSSR count). The molecule has 3 unspecified atom stereocenters. The van der Waals surface area contributed by atoms with E-state index in [-0.39, 0.29) is 47.0 Å². The number of carbonyl (C=O) groups is 2. The summed E-state index contributed by atoms with van der Waals surface area (Å²) in [4.78, 5) is 25.1. The number of carboxylic acids is 2. The van der Waals surface area contributed by atoms with Crippen molar-refractivity contribution in [3.63, 3.8) is 0 Å². The number of carboxylic acid groups (broad SMARTS) is 2. The number of aliphatic carboxylic acids is 2. The topological polar surface area (TPSA) is 332 Å². The first-order valence-corrected chi connectivity index (χ1v) is 24.4. The van der Waals surface area contributed by atoms with Crippen LogP contribution in [-0.2, 0) is 38.0 Å². The molecule has 26 atom stereocenters. The van der Waals surface area contributed by atoms with Crippen molar-refractivity contribution in [2.24, 2.45) is 50.2 Å². The number of aliphatic hydroxyl groups excluding tert-OH is 10. The molecule has 3 saturated heterocycles.